The minimum absolute atomic E-state index is 0.0807. The van der Waals surface area contributed by atoms with Crippen molar-refractivity contribution in [3.63, 3.8) is 0 Å². The Hall–Kier alpha value is -3.30. The molecule has 1 atom stereocenters. The van der Waals surface area contributed by atoms with E-state index in [1.54, 1.807) is 36.7 Å². The third-order valence-corrected chi connectivity index (χ3v) is 6.00. The van der Waals surface area contributed by atoms with Crippen molar-refractivity contribution in [2.75, 3.05) is 6.54 Å². The van der Waals surface area contributed by atoms with E-state index < -0.39 is 29.2 Å². The summed E-state index contributed by atoms with van der Waals surface area (Å²) in [6, 6.07) is 9.96. The number of urea groups is 1. The second-order valence-electron chi connectivity index (χ2n) is 6.95. The number of nitrogens with one attached hydrogen (secondary N) is 3. The van der Waals surface area contributed by atoms with Gasteiger partial charge in [-0.05, 0) is 42.3 Å². The fraction of sp³-hybridized carbons (Fsp3) is 0.143. The highest BCUT2D eigenvalue weighted by atomic mass is 35.5. The lowest BCUT2D eigenvalue weighted by molar-refractivity contribution is -0.124. The van der Waals surface area contributed by atoms with Gasteiger partial charge in [-0.25, -0.2) is 14.2 Å². The highest BCUT2D eigenvalue weighted by Crippen LogP contribution is 2.29. The van der Waals surface area contributed by atoms with E-state index in [9.17, 15) is 18.8 Å². The van der Waals surface area contributed by atoms with Gasteiger partial charge in [0, 0.05) is 9.90 Å². The molecule has 31 heavy (non-hydrogen) atoms. The zero-order valence-corrected chi connectivity index (χ0v) is 17.7. The number of halogens is 2. The fourth-order valence-corrected chi connectivity index (χ4v) is 4.26. The highest BCUT2D eigenvalue weighted by molar-refractivity contribution is 7.09. The van der Waals surface area contributed by atoms with Gasteiger partial charge in [0.2, 0.25) is 0 Å². The van der Waals surface area contributed by atoms with Crippen molar-refractivity contribution in [2.45, 2.75) is 12.5 Å². The molecule has 4 amide bonds. The molecule has 2 aromatic carbocycles. The van der Waals surface area contributed by atoms with Gasteiger partial charge < -0.3 is 10.6 Å². The molecule has 3 N–H and O–H groups in total. The molecule has 1 aliphatic heterocycles. The molecule has 7 nitrogen and oxygen atoms in total. The molecule has 10 heteroatoms. The Kier molecular flexibility index (Phi) is 5.47. The molecule has 0 bridgehead atoms. The summed E-state index contributed by atoms with van der Waals surface area (Å²) in [5.74, 6) is -1.81. The van der Waals surface area contributed by atoms with Gasteiger partial charge in [0.25, 0.3) is 11.8 Å². The lowest BCUT2D eigenvalue weighted by Gasteiger charge is -2.25. The maximum atomic E-state index is 14.0. The van der Waals surface area contributed by atoms with Crippen LogP contribution in [0.4, 0.5) is 9.18 Å². The van der Waals surface area contributed by atoms with Gasteiger partial charge in [-0.15, -0.1) is 11.3 Å². The summed E-state index contributed by atoms with van der Waals surface area (Å²) in [7, 11) is 0. The topological polar surface area (TPSA) is 100 Å². The average Bonchev–Trinajstić information content (AvgIpc) is 3.29. The Bertz CT molecular complexity index is 1200. The van der Waals surface area contributed by atoms with Gasteiger partial charge >= 0.3 is 6.03 Å². The maximum absolute atomic E-state index is 14.0. The van der Waals surface area contributed by atoms with Crippen molar-refractivity contribution in [1.29, 1.82) is 0 Å². The monoisotopic (exact) mass is 458 g/mol. The van der Waals surface area contributed by atoms with Crippen LogP contribution in [-0.4, -0.2) is 29.4 Å². The van der Waals surface area contributed by atoms with Crippen LogP contribution in [0.5, 0.6) is 0 Å². The van der Waals surface area contributed by atoms with Gasteiger partial charge in [-0.3, -0.25) is 14.9 Å². The van der Waals surface area contributed by atoms with Gasteiger partial charge in [0.1, 0.15) is 5.82 Å². The van der Waals surface area contributed by atoms with Crippen molar-refractivity contribution in [3.05, 3.63) is 74.9 Å². The number of rotatable bonds is 5. The summed E-state index contributed by atoms with van der Waals surface area (Å²) >= 11 is 7.25. The Morgan fingerprint density at radius 3 is 2.58 bits per heavy atom. The molecule has 158 valence electrons. The summed E-state index contributed by atoms with van der Waals surface area (Å²) in [5, 5.41) is 7.94. The molecule has 1 unspecified atom stereocenters. The summed E-state index contributed by atoms with van der Waals surface area (Å²) in [6.45, 7) is 1.50. The third kappa shape index (κ3) is 3.89. The maximum Gasteiger partial charge on any atom is 0.322 e. The molecule has 4 rings (SSSR count). The smallest absolute Gasteiger partial charge is 0.322 e. The van der Waals surface area contributed by atoms with Crippen LogP contribution in [0.2, 0.25) is 5.02 Å². The van der Waals surface area contributed by atoms with Gasteiger partial charge in [-0.1, -0.05) is 29.8 Å². The first kappa shape index (κ1) is 21.0. The standard InChI is InChI=1S/C21H16ClFN4O3S/c1-11-17(25-10-31-11)21(19(29)26-20(30)27-21)9-24-18(28)16-8-14(23)6-7-15(16)12-2-4-13(22)5-3-12/h2-8,10H,9H2,1H3,(H,24,28)(H2,26,27,29,30). The van der Waals surface area contributed by atoms with Crippen molar-refractivity contribution in [1.82, 2.24) is 20.9 Å². The summed E-state index contributed by atoms with van der Waals surface area (Å²) in [5.41, 5.74) is 1.60. The number of hydrogen-bond acceptors (Lipinski definition) is 5. The molecule has 1 aliphatic rings. The van der Waals surface area contributed by atoms with Crippen LogP contribution < -0.4 is 16.0 Å². The van der Waals surface area contributed by atoms with Gasteiger partial charge in [0.05, 0.1) is 23.3 Å². The molecule has 1 aromatic heterocycles. The zero-order valence-electron chi connectivity index (χ0n) is 16.2. The van der Waals surface area contributed by atoms with E-state index in [2.05, 4.69) is 20.9 Å². The normalized spacial score (nSPS) is 17.9. The van der Waals surface area contributed by atoms with Crippen LogP contribution in [0.3, 0.4) is 0 Å². The van der Waals surface area contributed by atoms with Crippen molar-refractivity contribution < 1.29 is 18.8 Å². The number of thiazole rings is 1. The minimum Gasteiger partial charge on any atom is -0.349 e. The van der Waals surface area contributed by atoms with E-state index in [-0.39, 0.29) is 12.1 Å². The minimum atomic E-state index is -1.55. The van der Waals surface area contributed by atoms with E-state index in [4.69, 9.17) is 11.6 Å². The van der Waals surface area contributed by atoms with E-state index >= 15 is 0 Å². The van der Waals surface area contributed by atoms with Crippen LogP contribution in [0.25, 0.3) is 11.1 Å². The molecule has 0 radical (unpaired) electrons. The molecule has 0 aliphatic carbocycles. The number of aromatic nitrogens is 1. The predicted molar refractivity (Wildman–Crippen MR) is 114 cm³/mol. The molecular weight excluding hydrogens is 443 g/mol. The Morgan fingerprint density at radius 2 is 1.97 bits per heavy atom. The van der Waals surface area contributed by atoms with Crippen LogP contribution in [0.1, 0.15) is 20.9 Å². The fourth-order valence-electron chi connectivity index (χ4n) is 3.48. The molecular formula is C21H16ClFN4O3S. The second-order valence-corrected chi connectivity index (χ2v) is 8.45. The number of carbonyl (C=O) groups excluding carboxylic acids is 3. The number of amides is 4. The Balaban J connectivity index is 1.66. The molecule has 2 heterocycles. The average molecular weight is 459 g/mol. The quantitative estimate of drug-likeness (QED) is 0.510. The largest absolute Gasteiger partial charge is 0.349 e. The van der Waals surface area contributed by atoms with Crippen molar-refractivity contribution in [3.8, 4) is 11.1 Å². The van der Waals surface area contributed by atoms with Gasteiger partial charge in [0.15, 0.2) is 5.54 Å². The Morgan fingerprint density at radius 1 is 1.23 bits per heavy atom. The summed E-state index contributed by atoms with van der Waals surface area (Å²) in [6.07, 6.45) is 0. The molecule has 3 aromatic rings. The Labute approximate surface area is 185 Å². The van der Waals surface area contributed by atoms with E-state index in [0.717, 1.165) is 10.9 Å². The van der Waals surface area contributed by atoms with E-state index in [1.807, 2.05) is 0 Å². The first-order valence-corrected chi connectivity index (χ1v) is 10.4. The third-order valence-electron chi connectivity index (χ3n) is 4.99. The van der Waals surface area contributed by atoms with Crippen LogP contribution in [-0.2, 0) is 10.3 Å². The molecule has 0 spiro atoms. The number of benzene rings is 2. The lowest BCUT2D eigenvalue weighted by Crippen LogP contribution is -2.53. The zero-order chi connectivity index (χ0) is 22.2. The number of nitrogens with zero attached hydrogens (tertiary/aromatic N) is 1. The van der Waals surface area contributed by atoms with Crippen molar-refractivity contribution >= 4 is 40.8 Å². The highest BCUT2D eigenvalue weighted by Gasteiger charge is 2.50. The van der Waals surface area contributed by atoms with E-state index in [1.165, 1.54) is 23.5 Å². The van der Waals surface area contributed by atoms with E-state index in [0.29, 0.717) is 21.8 Å². The van der Waals surface area contributed by atoms with Gasteiger partial charge in [-0.2, -0.15) is 0 Å². The number of imide groups is 1. The van der Waals surface area contributed by atoms with Crippen LogP contribution in [0.15, 0.2) is 48.0 Å². The number of aryl methyl sites for hydroxylation is 1. The number of hydrogen-bond donors (Lipinski definition) is 3. The summed E-state index contributed by atoms with van der Waals surface area (Å²) in [4.78, 5) is 42.5. The molecule has 1 saturated heterocycles. The first-order chi connectivity index (χ1) is 14.8. The van der Waals surface area contributed by atoms with Crippen LogP contribution >= 0.6 is 22.9 Å². The lowest BCUT2D eigenvalue weighted by atomic mass is 9.93. The molecule has 0 saturated carbocycles. The summed E-state index contributed by atoms with van der Waals surface area (Å²) < 4.78 is 14.0. The molecule has 1 fully saturated rings. The number of carbonyl (C=O) groups is 3. The second kappa shape index (κ2) is 8.09. The SMILES string of the molecule is Cc1scnc1C1(CNC(=O)c2cc(F)ccc2-c2ccc(Cl)cc2)NC(=O)NC1=O. The van der Waals surface area contributed by atoms with Crippen molar-refractivity contribution in [2.24, 2.45) is 0 Å². The van der Waals surface area contributed by atoms with Crippen LogP contribution in [0, 0.1) is 12.7 Å². The first-order valence-electron chi connectivity index (χ1n) is 9.18. The predicted octanol–water partition coefficient (Wildman–Crippen LogP) is 3.38.